The number of ether oxygens (including phenoxy) is 1. The van der Waals surface area contributed by atoms with Gasteiger partial charge in [0, 0.05) is 6.54 Å². The number of amides is 1. The van der Waals surface area contributed by atoms with Gasteiger partial charge in [-0.3, -0.25) is 0 Å². The van der Waals surface area contributed by atoms with Crippen molar-refractivity contribution >= 4 is 6.09 Å². The molecule has 1 heterocycles. The van der Waals surface area contributed by atoms with Gasteiger partial charge in [0.05, 0.1) is 6.54 Å². The quantitative estimate of drug-likeness (QED) is 0.841. The van der Waals surface area contributed by atoms with Crippen molar-refractivity contribution in [2.45, 2.75) is 19.1 Å². The van der Waals surface area contributed by atoms with Crippen molar-refractivity contribution in [2.24, 2.45) is 0 Å². The van der Waals surface area contributed by atoms with E-state index in [1.54, 1.807) is 4.90 Å². The second-order valence-electron chi connectivity index (χ2n) is 4.26. The third-order valence-corrected chi connectivity index (χ3v) is 2.88. The number of nitrogens with one attached hydrogen (secondary N) is 1. The summed E-state index contributed by atoms with van der Waals surface area (Å²) in [6.07, 6.45) is 0.696. The number of rotatable bonds is 5. The number of hydrogen-bond acceptors (Lipinski definition) is 3. The lowest BCUT2D eigenvalue weighted by Crippen LogP contribution is -2.25. The molecule has 0 aromatic heterocycles. The first-order valence-corrected chi connectivity index (χ1v) is 5.93. The highest BCUT2D eigenvalue weighted by atomic mass is 16.6. The first-order valence-electron chi connectivity index (χ1n) is 5.93. The van der Waals surface area contributed by atoms with Crippen LogP contribution in [0.5, 0.6) is 0 Å². The molecule has 4 nitrogen and oxygen atoms in total. The van der Waals surface area contributed by atoms with Crippen molar-refractivity contribution in [2.75, 3.05) is 20.1 Å². The molecule has 0 bridgehead atoms. The molecule has 0 spiro atoms. The van der Waals surface area contributed by atoms with Crippen LogP contribution in [0.4, 0.5) is 4.79 Å². The van der Waals surface area contributed by atoms with Gasteiger partial charge in [0.1, 0.15) is 6.10 Å². The summed E-state index contributed by atoms with van der Waals surface area (Å²) in [5.74, 6) is 0. The summed E-state index contributed by atoms with van der Waals surface area (Å²) >= 11 is 0. The van der Waals surface area contributed by atoms with E-state index in [1.165, 1.54) is 0 Å². The van der Waals surface area contributed by atoms with Crippen LogP contribution in [0, 0.1) is 0 Å². The fourth-order valence-corrected chi connectivity index (χ4v) is 1.96. The SMILES string of the molecule is CNCC[C@H]1CN(Cc2ccccc2)C(=O)O1. The predicted molar refractivity (Wildman–Crippen MR) is 65.7 cm³/mol. The van der Waals surface area contributed by atoms with Crippen LogP contribution in [-0.4, -0.2) is 37.2 Å². The Morgan fingerprint density at radius 2 is 2.18 bits per heavy atom. The summed E-state index contributed by atoms with van der Waals surface area (Å²) in [6, 6.07) is 9.98. The van der Waals surface area contributed by atoms with E-state index in [0.717, 1.165) is 18.5 Å². The van der Waals surface area contributed by atoms with Crippen LogP contribution in [0.1, 0.15) is 12.0 Å². The minimum absolute atomic E-state index is 0.0265. The molecule has 1 aromatic carbocycles. The summed E-state index contributed by atoms with van der Waals surface area (Å²) in [5.41, 5.74) is 1.14. The first-order chi connectivity index (χ1) is 8.29. The second kappa shape index (κ2) is 5.68. The van der Waals surface area contributed by atoms with E-state index in [9.17, 15) is 4.79 Å². The number of carbonyl (C=O) groups is 1. The number of benzene rings is 1. The first kappa shape index (κ1) is 11.9. The summed E-state index contributed by atoms with van der Waals surface area (Å²) in [5, 5.41) is 3.06. The fraction of sp³-hybridized carbons (Fsp3) is 0.462. The van der Waals surface area contributed by atoms with Crippen LogP contribution in [-0.2, 0) is 11.3 Å². The van der Waals surface area contributed by atoms with Crippen molar-refractivity contribution in [3.8, 4) is 0 Å². The van der Waals surface area contributed by atoms with Crippen LogP contribution in [0.2, 0.25) is 0 Å². The normalized spacial score (nSPS) is 19.5. The maximum atomic E-state index is 11.6. The molecule has 2 rings (SSSR count). The van der Waals surface area contributed by atoms with Crippen LogP contribution in [0.15, 0.2) is 30.3 Å². The van der Waals surface area contributed by atoms with E-state index in [0.29, 0.717) is 13.1 Å². The third kappa shape index (κ3) is 3.20. The van der Waals surface area contributed by atoms with Gasteiger partial charge in [-0.25, -0.2) is 4.79 Å². The Morgan fingerprint density at radius 3 is 2.88 bits per heavy atom. The molecule has 4 heteroatoms. The molecule has 1 fully saturated rings. The maximum Gasteiger partial charge on any atom is 0.410 e. The highest BCUT2D eigenvalue weighted by molar-refractivity contribution is 5.69. The van der Waals surface area contributed by atoms with Crippen molar-refractivity contribution in [1.29, 1.82) is 0 Å². The summed E-state index contributed by atoms with van der Waals surface area (Å²) in [4.78, 5) is 13.4. The third-order valence-electron chi connectivity index (χ3n) is 2.88. The van der Waals surface area contributed by atoms with Crippen molar-refractivity contribution < 1.29 is 9.53 Å². The lowest BCUT2D eigenvalue weighted by Gasteiger charge is -2.12. The second-order valence-corrected chi connectivity index (χ2v) is 4.26. The lowest BCUT2D eigenvalue weighted by molar-refractivity contribution is 0.128. The van der Waals surface area contributed by atoms with Crippen LogP contribution in [0.25, 0.3) is 0 Å². The monoisotopic (exact) mass is 234 g/mol. The van der Waals surface area contributed by atoms with Crippen LogP contribution >= 0.6 is 0 Å². The molecule has 0 saturated carbocycles. The highest BCUT2D eigenvalue weighted by Gasteiger charge is 2.30. The van der Waals surface area contributed by atoms with Gasteiger partial charge in [0.2, 0.25) is 0 Å². The zero-order chi connectivity index (χ0) is 12.1. The molecule has 92 valence electrons. The number of carbonyl (C=O) groups excluding carboxylic acids is 1. The molecule has 0 unspecified atom stereocenters. The fourth-order valence-electron chi connectivity index (χ4n) is 1.96. The summed E-state index contributed by atoms with van der Waals surface area (Å²) in [7, 11) is 1.90. The van der Waals surface area contributed by atoms with E-state index in [1.807, 2.05) is 37.4 Å². The smallest absolute Gasteiger partial charge is 0.410 e. The van der Waals surface area contributed by atoms with Crippen molar-refractivity contribution in [3.05, 3.63) is 35.9 Å². The van der Waals surface area contributed by atoms with Gasteiger partial charge in [0.15, 0.2) is 0 Å². The Balaban J connectivity index is 1.88. The molecule has 1 aliphatic rings. The molecule has 0 radical (unpaired) electrons. The van der Waals surface area contributed by atoms with Gasteiger partial charge >= 0.3 is 6.09 Å². The topological polar surface area (TPSA) is 41.6 Å². The Labute approximate surface area is 102 Å². The highest BCUT2D eigenvalue weighted by Crippen LogP contribution is 2.16. The average Bonchev–Trinajstić information content (AvgIpc) is 2.69. The Morgan fingerprint density at radius 1 is 1.41 bits per heavy atom. The van der Waals surface area contributed by atoms with E-state index in [-0.39, 0.29) is 12.2 Å². The molecule has 0 aliphatic carbocycles. The molecule has 1 aromatic rings. The van der Waals surface area contributed by atoms with Crippen molar-refractivity contribution in [1.82, 2.24) is 10.2 Å². The van der Waals surface area contributed by atoms with E-state index in [2.05, 4.69) is 5.32 Å². The van der Waals surface area contributed by atoms with Crippen LogP contribution < -0.4 is 5.32 Å². The van der Waals surface area contributed by atoms with Gasteiger partial charge in [-0.05, 0) is 25.6 Å². The average molecular weight is 234 g/mol. The van der Waals surface area contributed by atoms with E-state index in [4.69, 9.17) is 4.74 Å². The van der Waals surface area contributed by atoms with Gasteiger partial charge in [-0.15, -0.1) is 0 Å². The van der Waals surface area contributed by atoms with E-state index < -0.39 is 0 Å². The molecular formula is C13H18N2O2. The molecule has 1 atom stereocenters. The largest absolute Gasteiger partial charge is 0.444 e. The molecule has 1 saturated heterocycles. The Kier molecular flexibility index (Phi) is 3.98. The minimum Gasteiger partial charge on any atom is -0.444 e. The van der Waals surface area contributed by atoms with Gasteiger partial charge in [0.25, 0.3) is 0 Å². The van der Waals surface area contributed by atoms with Crippen LogP contribution in [0.3, 0.4) is 0 Å². The summed E-state index contributed by atoms with van der Waals surface area (Å²) in [6.45, 7) is 2.20. The molecule has 1 amide bonds. The van der Waals surface area contributed by atoms with Gasteiger partial charge in [-0.1, -0.05) is 30.3 Å². The zero-order valence-corrected chi connectivity index (χ0v) is 10.1. The molecule has 1 aliphatic heterocycles. The molecular weight excluding hydrogens is 216 g/mol. The number of nitrogens with zero attached hydrogens (tertiary/aromatic N) is 1. The summed E-state index contributed by atoms with van der Waals surface area (Å²) < 4.78 is 5.30. The minimum atomic E-state index is -0.199. The van der Waals surface area contributed by atoms with Gasteiger partial charge < -0.3 is 15.0 Å². The zero-order valence-electron chi connectivity index (χ0n) is 10.1. The maximum absolute atomic E-state index is 11.6. The number of hydrogen-bond donors (Lipinski definition) is 1. The Bertz CT molecular complexity index is 367. The van der Waals surface area contributed by atoms with E-state index >= 15 is 0 Å². The lowest BCUT2D eigenvalue weighted by atomic mass is 10.2. The van der Waals surface area contributed by atoms with Crippen molar-refractivity contribution in [3.63, 3.8) is 0 Å². The number of cyclic esters (lactones) is 1. The predicted octanol–water partition coefficient (Wildman–Crippen LogP) is 1.62. The Hall–Kier alpha value is -1.55. The standard InChI is InChI=1S/C13H18N2O2/c1-14-8-7-12-10-15(13(16)17-12)9-11-5-3-2-4-6-11/h2-6,12,14H,7-10H2,1H3/t12-/m0/s1. The molecule has 17 heavy (non-hydrogen) atoms. The van der Waals surface area contributed by atoms with Gasteiger partial charge in [-0.2, -0.15) is 0 Å². The molecule has 1 N–H and O–H groups in total.